The lowest BCUT2D eigenvalue weighted by Gasteiger charge is -2.07. The number of fused-ring (bicyclic) bond motifs is 1. The molecule has 2 rings (SSSR count). The van der Waals surface area contributed by atoms with Crippen LogP contribution in [0.25, 0.3) is 4.96 Å². The van der Waals surface area contributed by atoms with Crippen molar-refractivity contribution in [1.82, 2.24) is 19.8 Å². The summed E-state index contributed by atoms with van der Waals surface area (Å²) in [4.78, 5) is 0.759. The topological polar surface area (TPSA) is 94.5 Å². The fourth-order valence-corrected chi connectivity index (χ4v) is 2.84. The molecule has 2 aromatic rings. The van der Waals surface area contributed by atoms with Gasteiger partial charge < -0.3 is 5.73 Å². The quantitative estimate of drug-likeness (QED) is 0.826. The maximum absolute atomic E-state index is 8.53. The molecule has 0 aliphatic carbocycles. The Morgan fingerprint density at radius 2 is 2.29 bits per heavy atom. The minimum atomic E-state index is 0.0703. The lowest BCUT2D eigenvalue weighted by molar-refractivity contribution is -0.440. The molecule has 2 heterocycles. The van der Waals surface area contributed by atoms with E-state index < -0.39 is 0 Å². The molecule has 0 bridgehead atoms. The molecule has 0 saturated carbocycles. The lowest BCUT2D eigenvalue weighted by atomic mass is 10.1. The first kappa shape index (κ1) is 12.3. The summed E-state index contributed by atoms with van der Waals surface area (Å²) < 4.78 is 2.58. The fraction of sp³-hybridized carbons (Fsp3) is 0.556. The van der Waals surface area contributed by atoms with Crippen LogP contribution in [0.1, 0.15) is 25.7 Å². The highest BCUT2D eigenvalue weighted by molar-refractivity contribution is 8.01. The van der Waals surface area contributed by atoms with E-state index in [0.29, 0.717) is 11.7 Å². The molecule has 0 amide bonds. The third-order valence-corrected chi connectivity index (χ3v) is 4.29. The molecule has 0 radical (unpaired) electrons. The number of quaternary nitrogens is 1. The number of thioether (sulfide) groups is 1. The minimum Gasteiger partial charge on any atom is -0.348 e. The zero-order valence-corrected chi connectivity index (χ0v) is 11.3. The Balaban J connectivity index is 2.33. The van der Waals surface area contributed by atoms with E-state index in [1.807, 2.05) is 0 Å². The van der Waals surface area contributed by atoms with Crippen molar-refractivity contribution < 1.29 is 5.73 Å². The molecule has 0 spiro atoms. The van der Waals surface area contributed by atoms with Gasteiger partial charge in [0.25, 0.3) is 0 Å². The van der Waals surface area contributed by atoms with Gasteiger partial charge in [-0.05, 0) is 0 Å². The second-order valence-corrected chi connectivity index (χ2v) is 6.10. The van der Waals surface area contributed by atoms with E-state index in [1.165, 1.54) is 23.1 Å². The average Bonchev–Trinajstić information content (AvgIpc) is 2.84. The summed E-state index contributed by atoms with van der Waals surface area (Å²) in [5.41, 5.74) is 4.08. The van der Waals surface area contributed by atoms with Crippen LogP contribution in [0, 0.1) is 17.2 Å². The molecule has 0 saturated heterocycles. The van der Waals surface area contributed by atoms with Gasteiger partial charge in [0.15, 0.2) is 4.34 Å². The van der Waals surface area contributed by atoms with Crippen molar-refractivity contribution in [1.29, 1.82) is 5.26 Å². The van der Waals surface area contributed by atoms with Gasteiger partial charge in [0.1, 0.15) is 6.04 Å². The Hall–Kier alpha value is -1.17. The van der Waals surface area contributed by atoms with Crippen molar-refractivity contribution in [3.63, 3.8) is 0 Å². The van der Waals surface area contributed by atoms with Crippen molar-refractivity contribution in [2.24, 2.45) is 5.92 Å². The Kier molecular flexibility index (Phi) is 3.61. The average molecular weight is 269 g/mol. The fourth-order valence-electron chi connectivity index (χ4n) is 1.30. The highest BCUT2D eigenvalue weighted by Crippen LogP contribution is 2.25. The first-order valence-electron chi connectivity index (χ1n) is 5.18. The van der Waals surface area contributed by atoms with Crippen molar-refractivity contribution in [2.45, 2.75) is 24.2 Å². The molecule has 6 nitrogen and oxygen atoms in total. The van der Waals surface area contributed by atoms with Gasteiger partial charge in [-0.15, -0.1) is 15.3 Å². The Morgan fingerprint density at radius 3 is 2.94 bits per heavy atom. The second kappa shape index (κ2) is 5.00. The molecule has 0 unspecified atom stereocenters. The summed E-state index contributed by atoms with van der Waals surface area (Å²) in [6, 6.07) is 2.15. The van der Waals surface area contributed by atoms with Crippen molar-refractivity contribution in [2.75, 3.05) is 5.75 Å². The standard InChI is InChI=1S/C9H12N6S2/c1-5(2)6(11)7-12-13-8-15(7)14-9(17-8)16-4-3-10/h5-6H,4,11H2,1-2H3/p+1/t6-/m0/s1. The predicted molar refractivity (Wildman–Crippen MR) is 65.5 cm³/mol. The molecule has 0 fully saturated rings. The summed E-state index contributed by atoms with van der Waals surface area (Å²) in [7, 11) is 0. The van der Waals surface area contributed by atoms with Crippen LogP contribution >= 0.6 is 23.1 Å². The van der Waals surface area contributed by atoms with Crippen molar-refractivity contribution in [3.05, 3.63) is 5.82 Å². The van der Waals surface area contributed by atoms with Gasteiger partial charge in [-0.1, -0.05) is 36.9 Å². The molecule has 90 valence electrons. The Bertz CT molecular complexity index is 551. The first-order chi connectivity index (χ1) is 8.13. The lowest BCUT2D eigenvalue weighted by Crippen LogP contribution is -2.56. The van der Waals surface area contributed by atoms with E-state index in [0.717, 1.165) is 15.1 Å². The SMILES string of the molecule is CC(C)[C@H]([NH3+])c1nnc2sc(SCC#N)nn12. The van der Waals surface area contributed by atoms with Crippen LogP contribution in [-0.2, 0) is 0 Å². The Morgan fingerprint density at radius 1 is 1.53 bits per heavy atom. The summed E-state index contributed by atoms with van der Waals surface area (Å²) in [6.45, 7) is 4.19. The van der Waals surface area contributed by atoms with Gasteiger partial charge in [0, 0.05) is 5.92 Å². The number of hydrogen-bond acceptors (Lipinski definition) is 6. The summed E-state index contributed by atoms with van der Waals surface area (Å²) in [6.07, 6.45) is 0. The molecule has 0 aromatic carbocycles. The van der Waals surface area contributed by atoms with E-state index >= 15 is 0 Å². The molecular formula is C9H13N6S2+. The molecule has 1 atom stereocenters. The monoisotopic (exact) mass is 269 g/mol. The van der Waals surface area contributed by atoms with Gasteiger partial charge in [0.05, 0.1) is 11.8 Å². The number of rotatable bonds is 4. The second-order valence-electron chi connectivity index (χ2n) is 3.92. The van der Waals surface area contributed by atoms with Crippen LogP contribution in [0.2, 0.25) is 0 Å². The molecule has 3 N–H and O–H groups in total. The molecule has 8 heteroatoms. The smallest absolute Gasteiger partial charge is 0.235 e. The number of hydrogen-bond donors (Lipinski definition) is 1. The van der Waals surface area contributed by atoms with E-state index in [2.05, 4.69) is 40.9 Å². The number of nitrogens with zero attached hydrogens (tertiary/aromatic N) is 5. The van der Waals surface area contributed by atoms with Crippen LogP contribution in [-0.4, -0.2) is 25.6 Å². The van der Waals surface area contributed by atoms with Crippen LogP contribution in [0.3, 0.4) is 0 Å². The normalized spacial score (nSPS) is 13.1. The van der Waals surface area contributed by atoms with Gasteiger partial charge in [-0.3, -0.25) is 0 Å². The maximum Gasteiger partial charge on any atom is 0.235 e. The summed E-state index contributed by atoms with van der Waals surface area (Å²) >= 11 is 2.87. The third kappa shape index (κ3) is 2.41. The van der Waals surface area contributed by atoms with Crippen LogP contribution in [0.4, 0.5) is 0 Å². The van der Waals surface area contributed by atoms with Crippen LogP contribution in [0.5, 0.6) is 0 Å². The third-order valence-electron chi connectivity index (χ3n) is 2.39. The van der Waals surface area contributed by atoms with E-state index in [-0.39, 0.29) is 6.04 Å². The van der Waals surface area contributed by atoms with Gasteiger partial charge in [-0.2, -0.15) is 9.78 Å². The minimum absolute atomic E-state index is 0.0703. The van der Waals surface area contributed by atoms with E-state index in [4.69, 9.17) is 5.26 Å². The van der Waals surface area contributed by atoms with E-state index in [1.54, 1.807) is 4.52 Å². The summed E-state index contributed by atoms with van der Waals surface area (Å²) in [5.74, 6) is 1.58. The van der Waals surface area contributed by atoms with Crippen LogP contribution < -0.4 is 5.73 Å². The van der Waals surface area contributed by atoms with Gasteiger partial charge in [-0.25, -0.2) is 0 Å². The molecule has 0 aliphatic heterocycles. The number of nitriles is 1. The molecular weight excluding hydrogens is 256 g/mol. The maximum atomic E-state index is 8.53. The highest BCUT2D eigenvalue weighted by Gasteiger charge is 2.23. The predicted octanol–water partition coefficient (Wildman–Crippen LogP) is 0.740. The molecule has 17 heavy (non-hydrogen) atoms. The number of aromatic nitrogens is 4. The molecule has 0 aliphatic rings. The zero-order chi connectivity index (χ0) is 12.4. The largest absolute Gasteiger partial charge is 0.348 e. The van der Waals surface area contributed by atoms with Gasteiger partial charge in [0.2, 0.25) is 10.8 Å². The summed E-state index contributed by atoms with van der Waals surface area (Å²) in [5, 5.41) is 21.1. The molecule has 2 aromatic heterocycles. The van der Waals surface area contributed by atoms with Gasteiger partial charge >= 0.3 is 0 Å². The first-order valence-corrected chi connectivity index (χ1v) is 6.98. The Labute approximate surface area is 107 Å². The van der Waals surface area contributed by atoms with Crippen LogP contribution in [0.15, 0.2) is 4.34 Å². The van der Waals surface area contributed by atoms with Crippen molar-refractivity contribution >= 4 is 28.1 Å². The zero-order valence-electron chi connectivity index (χ0n) is 9.62. The van der Waals surface area contributed by atoms with E-state index in [9.17, 15) is 0 Å². The highest BCUT2D eigenvalue weighted by atomic mass is 32.2. The van der Waals surface area contributed by atoms with Crippen molar-refractivity contribution in [3.8, 4) is 6.07 Å².